The van der Waals surface area contributed by atoms with Crippen molar-refractivity contribution in [1.29, 1.82) is 0 Å². The second kappa shape index (κ2) is 8.52. The normalized spacial score (nSPS) is 12.4. The molecule has 1 aliphatic heterocycles. The molecule has 0 saturated heterocycles. The topological polar surface area (TPSA) is 67.8 Å². The Hall–Kier alpha value is -1.75. The molecule has 1 heterocycles. The van der Waals surface area contributed by atoms with E-state index in [0.29, 0.717) is 19.4 Å². The third-order valence-corrected chi connectivity index (χ3v) is 3.48. The summed E-state index contributed by atoms with van der Waals surface area (Å²) in [6.07, 6.45) is 5.06. The number of rotatable bonds is 9. The maximum absolute atomic E-state index is 11.7. The molecule has 0 atom stereocenters. The lowest BCUT2D eigenvalue weighted by Gasteiger charge is -2.06. The van der Waals surface area contributed by atoms with Crippen molar-refractivity contribution in [2.75, 3.05) is 19.9 Å². The summed E-state index contributed by atoms with van der Waals surface area (Å²) in [5.41, 5.74) is 1.08. The molecule has 116 valence electrons. The van der Waals surface area contributed by atoms with Crippen LogP contribution in [0.5, 0.6) is 11.5 Å². The molecular formula is C16H23NO4. The third-order valence-electron chi connectivity index (χ3n) is 3.48. The summed E-state index contributed by atoms with van der Waals surface area (Å²) in [5.74, 6) is 1.61. The van der Waals surface area contributed by atoms with E-state index in [0.717, 1.165) is 42.7 Å². The number of hydrogen-bond acceptors (Lipinski definition) is 4. The summed E-state index contributed by atoms with van der Waals surface area (Å²) in [6, 6.07) is 5.79. The van der Waals surface area contributed by atoms with Gasteiger partial charge in [-0.25, -0.2) is 0 Å². The molecule has 0 aromatic heterocycles. The number of aryl methyl sites for hydroxylation is 1. The SMILES string of the molecule is O=C(CCc1ccc2c(c1)OCO2)NCCCCCCO. The molecule has 1 aliphatic rings. The Morgan fingerprint density at radius 1 is 1.14 bits per heavy atom. The van der Waals surface area contributed by atoms with Gasteiger partial charge in [-0.05, 0) is 37.0 Å². The van der Waals surface area contributed by atoms with Crippen molar-refractivity contribution in [2.24, 2.45) is 0 Å². The number of amides is 1. The van der Waals surface area contributed by atoms with Gasteiger partial charge < -0.3 is 19.9 Å². The van der Waals surface area contributed by atoms with Gasteiger partial charge in [0.05, 0.1) is 0 Å². The highest BCUT2D eigenvalue weighted by Gasteiger charge is 2.13. The van der Waals surface area contributed by atoms with E-state index in [1.54, 1.807) is 0 Å². The van der Waals surface area contributed by atoms with E-state index in [1.165, 1.54) is 0 Å². The molecule has 5 heteroatoms. The molecule has 1 aromatic carbocycles. The quantitative estimate of drug-likeness (QED) is 0.684. The second-order valence-corrected chi connectivity index (χ2v) is 5.18. The molecule has 2 N–H and O–H groups in total. The standard InChI is InChI=1S/C16H23NO4/c18-10-4-2-1-3-9-17-16(19)8-6-13-5-7-14-15(11-13)21-12-20-14/h5,7,11,18H,1-4,6,8-10,12H2,(H,17,19). The number of unbranched alkanes of at least 4 members (excludes halogenated alkanes) is 3. The Bertz CT molecular complexity index is 462. The Balaban J connectivity index is 1.60. The highest BCUT2D eigenvalue weighted by Crippen LogP contribution is 2.32. The Kier molecular flexibility index (Phi) is 6.34. The van der Waals surface area contributed by atoms with Crippen LogP contribution < -0.4 is 14.8 Å². The van der Waals surface area contributed by atoms with E-state index in [4.69, 9.17) is 14.6 Å². The summed E-state index contributed by atoms with van der Waals surface area (Å²) >= 11 is 0. The predicted molar refractivity (Wildman–Crippen MR) is 79.4 cm³/mol. The van der Waals surface area contributed by atoms with Crippen molar-refractivity contribution in [3.05, 3.63) is 23.8 Å². The van der Waals surface area contributed by atoms with Crippen LogP contribution in [-0.4, -0.2) is 31.0 Å². The minimum atomic E-state index is 0.0785. The van der Waals surface area contributed by atoms with Gasteiger partial charge in [0.1, 0.15) is 0 Å². The number of fused-ring (bicyclic) bond motifs is 1. The molecule has 21 heavy (non-hydrogen) atoms. The first-order chi connectivity index (χ1) is 10.3. The minimum absolute atomic E-state index is 0.0785. The summed E-state index contributed by atoms with van der Waals surface area (Å²) in [5, 5.41) is 11.6. The molecule has 1 aromatic rings. The molecule has 0 saturated carbocycles. The molecule has 0 bridgehead atoms. The zero-order valence-corrected chi connectivity index (χ0v) is 12.3. The Morgan fingerprint density at radius 3 is 2.81 bits per heavy atom. The van der Waals surface area contributed by atoms with Crippen LogP contribution in [0.3, 0.4) is 0 Å². The van der Waals surface area contributed by atoms with Crippen LogP contribution in [0.15, 0.2) is 18.2 Å². The Morgan fingerprint density at radius 2 is 1.95 bits per heavy atom. The van der Waals surface area contributed by atoms with E-state index < -0.39 is 0 Å². The van der Waals surface area contributed by atoms with Gasteiger partial charge in [-0.1, -0.05) is 18.9 Å². The fraction of sp³-hybridized carbons (Fsp3) is 0.562. The molecule has 0 aliphatic carbocycles. The van der Waals surface area contributed by atoms with E-state index in [9.17, 15) is 4.79 Å². The fourth-order valence-electron chi connectivity index (χ4n) is 2.26. The van der Waals surface area contributed by atoms with Crippen molar-refractivity contribution >= 4 is 5.91 Å². The number of carbonyl (C=O) groups excluding carboxylic acids is 1. The number of carbonyl (C=O) groups is 1. The first-order valence-corrected chi connectivity index (χ1v) is 7.55. The number of ether oxygens (including phenoxy) is 2. The zero-order chi connectivity index (χ0) is 14.9. The molecule has 0 radical (unpaired) electrons. The fourth-order valence-corrected chi connectivity index (χ4v) is 2.26. The monoisotopic (exact) mass is 293 g/mol. The van der Waals surface area contributed by atoms with E-state index in [2.05, 4.69) is 5.32 Å². The van der Waals surface area contributed by atoms with E-state index in [-0.39, 0.29) is 19.3 Å². The number of hydrogen-bond donors (Lipinski definition) is 2. The summed E-state index contributed by atoms with van der Waals surface area (Å²) < 4.78 is 10.6. The van der Waals surface area contributed by atoms with Crippen LogP contribution in [0.4, 0.5) is 0 Å². The maximum atomic E-state index is 11.7. The molecular weight excluding hydrogens is 270 g/mol. The molecule has 0 spiro atoms. The Labute approximate surface area is 125 Å². The lowest BCUT2D eigenvalue weighted by Crippen LogP contribution is -2.24. The van der Waals surface area contributed by atoms with Gasteiger partial charge in [-0.15, -0.1) is 0 Å². The van der Waals surface area contributed by atoms with Gasteiger partial charge in [0.25, 0.3) is 0 Å². The number of aliphatic hydroxyl groups is 1. The van der Waals surface area contributed by atoms with Crippen LogP contribution in [-0.2, 0) is 11.2 Å². The van der Waals surface area contributed by atoms with Crippen LogP contribution in [0.2, 0.25) is 0 Å². The number of aliphatic hydroxyl groups excluding tert-OH is 1. The highest BCUT2D eigenvalue weighted by atomic mass is 16.7. The summed E-state index contributed by atoms with van der Waals surface area (Å²) in [4.78, 5) is 11.7. The van der Waals surface area contributed by atoms with E-state index in [1.807, 2.05) is 18.2 Å². The van der Waals surface area contributed by atoms with Gasteiger partial charge in [-0.3, -0.25) is 4.79 Å². The average molecular weight is 293 g/mol. The van der Waals surface area contributed by atoms with Crippen LogP contribution in [0.25, 0.3) is 0 Å². The molecule has 1 amide bonds. The van der Waals surface area contributed by atoms with Crippen LogP contribution in [0, 0.1) is 0 Å². The first kappa shape index (κ1) is 15.6. The third kappa shape index (κ3) is 5.27. The summed E-state index contributed by atoms with van der Waals surface area (Å²) in [7, 11) is 0. The highest BCUT2D eigenvalue weighted by molar-refractivity contribution is 5.76. The van der Waals surface area contributed by atoms with Crippen LogP contribution >= 0.6 is 0 Å². The number of benzene rings is 1. The van der Waals surface area contributed by atoms with E-state index >= 15 is 0 Å². The second-order valence-electron chi connectivity index (χ2n) is 5.18. The number of nitrogens with one attached hydrogen (secondary N) is 1. The summed E-state index contributed by atoms with van der Waals surface area (Å²) in [6.45, 7) is 1.24. The lowest BCUT2D eigenvalue weighted by molar-refractivity contribution is -0.121. The smallest absolute Gasteiger partial charge is 0.231 e. The molecule has 0 unspecified atom stereocenters. The van der Waals surface area contributed by atoms with Crippen LogP contribution in [0.1, 0.15) is 37.7 Å². The van der Waals surface area contributed by atoms with Gasteiger partial charge >= 0.3 is 0 Å². The van der Waals surface area contributed by atoms with Crippen molar-refractivity contribution in [2.45, 2.75) is 38.5 Å². The van der Waals surface area contributed by atoms with Gasteiger partial charge in [-0.2, -0.15) is 0 Å². The largest absolute Gasteiger partial charge is 0.454 e. The first-order valence-electron chi connectivity index (χ1n) is 7.55. The molecule has 0 fully saturated rings. The lowest BCUT2D eigenvalue weighted by atomic mass is 10.1. The van der Waals surface area contributed by atoms with Gasteiger partial charge in [0.2, 0.25) is 12.7 Å². The molecule has 5 nitrogen and oxygen atoms in total. The van der Waals surface area contributed by atoms with Crippen molar-refractivity contribution in [1.82, 2.24) is 5.32 Å². The van der Waals surface area contributed by atoms with Gasteiger partial charge in [0.15, 0.2) is 11.5 Å². The van der Waals surface area contributed by atoms with Crippen molar-refractivity contribution in [3.8, 4) is 11.5 Å². The van der Waals surface area contributed by atoms with Crippen molar-refractivity contribution < 1.29 is 19.4 Å². The zero-order valence-electron chi connectivity index (χ0n) is 12.3. The molecule has 2 rings (SSSR count). The maximum Gasteiger partial charge on any atom is 0.231 e. The van der Waals surface area contributed by atoms with Gasteiger partial charge in [0, 0.05) is 19.6 Å². The average Bonchev–Trinajstić information content (AvgIpc) is 2.96. The predicted octanol–water partition coefficient (Wildman–Crippen LogP) is 2.02. The minimum Gasteiger partial charge on any atom is -0.454 e. The van der Waals surface area contributed by atoms with Crippen molar-refractivity contribution in [3.63, 3.8) is 0 Å².